The first-order valence-corrected chi connectivity index (χ1v) is 11.1. The molecule has 0 bridgehead atoms. The molecule has 0 saturated heterocycles. The maximum absolute atomic E-state index is 10.6. The van der Waals surface area contributed by atoms with Gasteiger partial charge in [0.15, 0.2) is 0 Å². The van der Waals surface area contributed by atoms with Crippen molar-refractivity contribution < 1.29 is 5.11 Å². The van der Waals surface area contributed by atoms with Crippen LogP contribution in [-0.4, -0.2) is 21.9 Å². The molecule has 4 aliphatic rings. The smallest absolute Gasteiger partial charge is 0.146 e. The first-order valence-electron chi connectivity index (χ1n) is 11.1. The van der Waals surface area contributed by atoms with Gasteiger partial charge in [0.05, 0.1) is 11.8 Å². The number of nitrogens with one attached hydrogen (secondary N) is 1. The minimum absolute atomic E-state index is 0.0778. The standard InChI is InChI=1S/C24H33N3O/c1-23-12-10-17(26-27-22-5-3-4-14-25-22)15-16(23)6-7-18-19-8-9-21(28)24(19,2)13-11-20(18)23/h3-5,14-15,18-21,28H,6-13H2,1-2H3,(H,25,27)/b26-17+/t18-,19-,20-,21-,23-,24-/m0/s1. The summed E-state index contributed by atoms with van der Waals surface area (Å²) in [6.45, 7) is 4.89. The van der Waals surface area contributed by atoms with Gasteiger partial charge in [0.25, 0.3) is 0 Å². The van der Waals surface area contributed by atoms with Crippen molar-refractivity contribution in [3.8, 4) is 0 Å². The lowest BCUT2D eigenvalue weighted by Crippen LogP contribution is -2.51. The van der Waals surface area contributed by atoms with E-state index >= 15 is 0 Å². The number of aromatic nitrogens is 1. The summed E-state index contributed by atoms with van der Waals surface area (Å²) in [5.74, 6) is 3.10. The summed E-state index contributed by atoms with van der Waals surface area (Å²) in [5, 5.41) is 15.3. The Kier molecular flexibility index (Phi) is 4.38. The lowest BCUT2D eigenvalue weighted by atomic mass is 9.47. The van der Waals surface area contributed by atoms with Crippen LogP contribution in [0.2, 0.25) is 0 Å². The second-order valence-electron chi connectivity index (χ2n) is 10.1. The molecule has 2 N–H and O–H groups in total. The molecule has 1 aromatic heterocycles. The summed E-state index contributed by atoms with van der Waals surface area (Å²) in [6.07, 6.45) is 13.5. The molecule has 0 radical (unpaired) electrons. The van der Waals surface area contributed by atoms with Gasteiger partial charge in [-0.25, -0.2) is 4.98 Å². The Balaban J connectivity index is 1.37. The average Bonchev–Trinajstić information content (AvgIpc) is 3.02. The van der Waals surface area contributed by atoms with Gasteiger partial charge in [0.2, 0.25) is 0 Å². The molecule has 4 aliphatic carbocycles. The predicted molar refractivity (Wildman–Crippen MR) is 113 cm³/mol. The second-order valence-corrected chi connectivity index (χ2v) is 10.1. The van der Waals surface area contributed by atoms with Gasteiger partial charge in [0, 0.05) is 6.20 Å². The molecule has 0 spiro atoms. The van der Waals surface area contributed by atoms with Gasteiger partial charge in [0.1, 0.15) is 5.82 Å². The highest BCUT2D eigenvalue weighted by Gasteiger charge is 2.58. The molecule has 4 nitrogen and oxygen atoms in total. The van der Waals surface area contributed by atoms with Crippen molar-refractivity contribution in [2.24, 2.45) is 33.7 Å². The van der Waals surface area contributed by atoms with E-state index in [1.807, 2.05) is 18.2 Å². The summed E-state index contributed by atoms with van der Waals surface area (Å²) in [7, 11) is 0. The number of aliphatic hydroxyl groups excluding tert-OH is 1. The highest BCUT2D eigenvalue weighted by molar-refractivity contribution is 5.97. The summed E-state index contributed by atoms with van der Waals surface area (Å²) in [4.78, 5) is 4.30. The Bertz CT molecular complexity index is 803. The van der Waals surface area contributed by atoms with E-state index in [-0.39, 0.29) is 11.5 Å². The maximum atomic E-state index is 10.6. The van der Waals surface area contributed by atoms with Crippen molar-refractivity contribution in [3.05, 3.63) is 36.0 Å². The average molecular weight is 380 g/mol. The van der Waals surface area contributed by atoms with Crippen LogP contribution in [0.5, 0.6) is 0 Å². The fourth-order valence-electron chi connectivity index (χ4n) is 7.19. The fourth-order valence-corrected chi connectivity index (χ4v) is 7.19. The van der Waals surface area contributed by atoms with Gasteiger partial charge >= 0.3 is 0 Å². The molecule has 150 valence electrons. The largest absolute Gasteiger partial charge is 0.393 e. The van der Waals surface area contributed by atoms with Crippen molar-refractivity contribution in [2.75, 3.05) is 5.43 Å². The predicted octanol–water partition coefficient (Wildman–Crippen LogP) is 5.17. The van der Waals surface area contributed by atoms with E-state index in [2.05, 4.69) is 35.4 Å². The van der Waals surface area contributed by atoms with Gasteiger partial charge < -0.3 is 5.11 Å². The van der Waals surface area contributed by atoms with Gasteiger partial charge in [-0.15, -0.1) is 0 Å². The summed E-state index contributed by atoms with van der Waals surface area (Å²) < 4.78 is 0. The molecule has 1 aromatic rings. The number of aliphatic hydroxyl groups is 1. The first kappa shape index (κ1) is 18.4. The highest BCUT2D eigenvalue weighted by atomic mass is 16.3. The number of hydrazone groups is 1. The Morgan fingerprint density at radius 3 is 2.79 bits per heavy atom. The van der Waals surface area contributed by atoms with Crippen LogP contribution >= 0.6 is 0 Å². The molecule has 0 unspecified atom stereocenters. The molecule has 0 amide bonds. The summed E-state index contributed by atoms with van der Waals surface area (Å²) in [5.41, 5.74) is 6.39. The highest BCUT2D eigenvalue weighted by Crippen LogP contribution is 2.65. The molecule has 5 rings (SSSR count). The van der Waals surface area contributed by atoms with Crippen LogP contribution in [0, 0.1) is 28.6 Å². The first-order chi connectivity index (χ1) is 13.5. The van der Waals surface area contributed by atoms with E-state index in [0.29, 0.717) is 5.41 Å². The monoisotopic (exact) mass is 379 g/mol. The van der Waals surface area contributed by atoms with Crippen LogP contribution in [-0.2, 0) is 0 Å². The number of rotatable bonds is 2. The zero-order chi connectivity index (χ0) is 19.4. The number of fused-ring (bicyclic) bond motifs is 5. The van der Waals surface area contributed by atoms with Crippen LogP contribution in [0.25, 0.3) is 0 Å². The summed E-state index contributed by atoms with van der Waals surface area (Å²) >= 11 is 0. The zero-order valence-electron chi connectivity index (χ0n) is 17.2. The van der Waals surface area contributed by atoms with Crippen LogP contribution in [0.3, 0.4) is 0 Å². The molecule has 4 heteroatoms. The van der Waals surface area contributed by atoms with Crippen LogP contribution in [0.15, 0.2) is 41.1 Å². The lowest BCUT2D eigenvalue weighted by molar-refractivity contribution is -0.0721. The summed E-state index contributed by atoms with van der Waals surface area (Å²) in [6, 6.07) is 5.84. The van der Waals surface area contributed by atoms with Gasteiger partial charge in [-0.05, 0) is 98.2 Å². The minimum atomic E-state index is -0.0778. The van der Waals surface area contributed by atoms with Crippen molar-refractivity contribution >= 4 is 11.5 Å². The molecular formula is C24H33N3O. The topological polar surface area (TPSA) is 57.5 Å². The van der Waals surface area contributed by atoms with E-state index in [9.17, 15) is 5.11 Å². The third-order valence-corrected chi connectivity index (χ3v) is 8.91. The minimum Gasteiger partial charge on any atom is -0.393 e. The van der Waals surface area contributed by atoms with Crippen molar-refractivity contribution in [2.45, 2.75) is 71.3 Å². The number of anilines is 1. The van der Waals surface area contributed by atoms with Gasteiger partial charge in [-0.2, -0.15) is 5.10 Å². The molecule has 6 atom stereocenters. The van der Waals surface area contributed by atoms with E-state index in [1.54, 1.807) is 11.8 Å². The molecule has 28 heavy (non-hydrogen) atoms. The fraction of sp³-hybridized carbons (Fsp3) is 0.667. The van der Waals surface area contributed by atoms with E-state index in [0.717, 1.165) is 42.1 Å². The number of nitrogens with zero attached hydrogens (tertiary/aromatic N) is 2. The second kappa shape index (κ2) is 6.69. The Morgan fingerprint density at radius 1 is 1.07 bits per heavy atom. The lowest BCUT2D eigenvalue weighted by Gasteiger charge is -2.57. The SMILES string of the molecule is C[C@]12CC[C@H]3[C@@H](CCC4=C/C(=N/Nc5ccccn5)CC[C@@]43C)[C@@H]1CC[C@@H]2O. The zero-order valence-corrected chi connectivity index (χ0v) is 17.2. The van der Waals surface area contributed by atoms with E-state index in [4.69, 9.17) is 0 Å². The number of pyridine rings is 1. The van der Waals surface area contributed by atoms with Gasteiger partial charge in [-0.1, -0.05) is 25.5 Å². The Morgan fingerprint density at radius 2 is 1.96 bits per heavy atom. The van der Waals surface area contributed by atoms with Crippen molar-refractivity contribution in [1.82, 2.24) is 4.98 Å². The van der Waals surface area contributed by atoms with E-state index < -0.39 is 0 Å². The van der Waals surface area contributed by atoms with Crippen molar-refractivity contribution in [3.63, 3.8) is 0 Å². The quantitative estimate of drug-likeness (QED) is 0.697. The van der Waals surface area contributed by atoms with Gasteiger partial charge in [-0.3, -0.25) is 5.43 Å². The molecule has 1 heterocycles. The van der Waals surface area contributed by atoms with Crippen molar-refractivity contribution in [1.29, 1.82) is 0 Å². The maximum Gasteiger partial charge on any atom is 0.146 e. The molecule has 3 fully saturated rings. The van der Waals surface area contributed by atoms with E-state index in [1.165, 1.54) is 38.5 Å². The van der Waals surface area contributed by atoms with Crippen LogP contribution in [0.1, 0.15) is 65.2 Å². The normalized spacial score (nSPS) is 43.7. The number of hydrogen-bond donors (Lipinski definition) is 2. The van der Waals surface area contributed by atoms with Crippen LogP contribution in [0.4, 0.5) is 5.82 Å². The molecular weight excluding hydrogens is 346 g/mol. The molecule has 0 aliphatic heterocycles. The number of hydrogen-bond acceptors (Lipinski definition) is 4. The molecule has 3 saturated carbocycles. The number of allylic oxidation sites excluding steroid dienone is 2. The third-order valence-electron chi connectivity index (χ3n) is 8.91. The van der Waals surface area contributed by atoms with Crippen LogP contribution < -0.4 is 5.43 Å². The Labute approximate surface area is 168 Å². The third kappa shape index (κ3) is 2.75. The Hall–Kier alpha value is -1.68. The molecule has 0 aromatic carbocycles.